The Labute approximate surface area is 161 Å². The van der Waals surface area contributed by atoms with Crippen molar-refractivity contribution in [2.75, 3.05) is 11.9 Å². The van der Waals surface area contributed by atoms with Gasteiger partial charge in [0.2, 0.25) is 0 Å². The average Bonchev–Trinajstić information content (AvgIpc) is 3.03. The zero-order valence-corrected chi connectivity index (χ0v) is 15.8. The van der Waals surface area contributed by atoms with Gasteiger partial charge in [0, 0.05) is 5.02 Å². The lowest BCUT2D eigenvalue weighted by Crippen LogP contribution is -2.14. The molecule has 1 heterocycles. The van der Waals surface area contributed by atoms with E-state index in [4.69, 9.17) is 16.3 Å². The van der Waals surface area contributed by atoms with Crippen molar-refractivity contribution in [1.29, 1.82) is 0 Å². The average molecular weight is 388 g/mol. The molecule has 0 fully saturated rings. The zero-order chi connectivity index (χ0) is 19.4. The number of hydrogen-bond donors (Lipinski definition) is 1. The highest BCUT2D eigenvalue weighted by Crippen LogP contribution is 2.29. The minimum atomic E-state index is -0.416. The molecule has 7 heteroatoms. The molecule has 0 radical (unpaired) electrons. The number of amides is 1. The topological polar surface area (TPSA) is 56.1 Å². The highest BCUT2D eigenvalue weighted by molar-refractivity contribution is 6.31. The molecule has 2 aromatic carbocycles. The van der Waals surface area contributed by atoms with E-state index in [2.05, 4.69) is 10.4 Å². The van der Waals surface area contributed by atoms with Gasteiger partial charge in [0.15, 0.2) is 0 Å². The van der Waals surface area contributed by atoms with Gasteiger partial charge in [-0.3, -0.25) is 4.79 Å². The number of halogens is 2. The van der Waals surface area contributed by atoms with Crippen LogP contribution < -0.4 is 10.1 Å². The van der Waals surface area contributed by atoms with Crippen LogP contribution in [0.1, 0.15) is 29.4 Å². The second-order valence-electron chi connectivity index (χ2n) is 5.95. The summed E-state index contributed by atoms with van der Waals surface area (Å²) in [4.78, 5) is 12.7. The smallest absolute Gasteiger partial charge is 0.259 e. The number of aromatic nitrogens is 2. The van der Waals surface area contributed by atoms with E-state index < -0.39 is 5.82 Å². The molecular formula is C20H19ClFN3O2. The molecule has 0 atom stereocenters. The molecule has 1 N–H and O–H groups in total. The Morgan fingerprint density at radius 3 is 2.81 bits per heavy atom. The van der Waals surface area contributed by atoms with Gasteiger partial charge in [0.25, 0.3) is 5.91 Å². The van der Waals surface area contributed by atoms with Crippen LogP contribution in [0.15, 0.2) is 48.7 Å². The van der Waals surface area contributed by atoms with Crippen molar-refractivity contribution in [2.45, 2.75) is 20.3 Å². The molecule has 3 aromatic rings. The lowest BCUT2D eigenvalue weighted by Gasteiger charge is -2.12. The fourth-order valence-electron chi connectivity index (χ4n) is 2.63. The van der Waals surface area contributed by atoms with Crippen LogP contribution in [0.3, 0.4) is 0 Å². The van der Waals surface area contributed by atoms with Crippen LogP contribution >= 0.6 is 11.6 Å². The molecule has 0 spiro atoms. The standard InChI is InChI=1S/C20H19ClFN3O2/c1-3-10-27-19-9-8-14(21)11-17(19)24-20(26)15-12-23-25(13(15)2)18-7-5-4-6-16(18)22/h4-9,11-12H,3,10H2,1-2H3,(H,24,26). The van der Waals surface area contributed by atoms with E-state index in [1.54, 1.807) is 43.3 Å². The fourth-order valence-corrected chi connectivity index (χ4v) is 2.80. The second kappa shape index (κ2) is 8.22. The summed E-state index contributed by atoms with van der Waals surface area (Å²) in [7, 11) is 0. The Morgan fingerprint density at radius 1 is 1.30 bits per heavy atom. The van der Waals surface area contributed by atoms with Crippen LogP contribution in [0.25, 0.3) is 5.69 Å². The maximum Gasteiger partial charge on any atom is 0.259 e. The maximum absolute atomic E-state index is 14.0. The second-order valence-corrected chi connectivity index (χ2v) is 6.39. The highest BCUT2D eigenvalue weighted by atomic mass is 35.5. The number of hydrogen-bond acceptors (Lipinski definition) is 3. The lowest BCUT2D eigenvalue weighted by molar-refractivity contribution is 0.102. The van der Waals surface area contributed by atoms with Gasteiger partial charge < -0.3 is 10.1 Å². The van der Waals surface area contributed by atoms with Crippen LogP contribution in [0.5, 0.6) is 5.75 Å². The molecule has 140 valence electrons. The molecule has 0 aliphatic heterocycles. The summed E-state index contributed by atoms with van der Waals surface area (Å²) in [6.45, 7) is 4.23. The van der Waals surface area contributed by atoms with Gasteiger partial charge in [-0.2, -0.15) is 5.10 Å². The summed E-state index contributed by atoms with van der Waals surface area (Å²) in [5, 5.41) is 7.44. The van der Waals surface area contributed by atoms with E-state index in [9.17, 15) is 9.18 Å². The lowest BCUT2D eigenvalue weighted by atomic mass is 10.2. The Hall–Kier alpha value is -2.86. The SMILES string of the molecule is CCCOc1ccc(Cl)cc1NC(=O)c1cnn(-c2ccccc2F)c1C. The molecule has 5 nitrogen and oxygen atoms in total. The summed E-state index contributed by atoms with van der Waals surface area (Å²) >= 11 is 6.05. The zero-order valence-electron chi connectivity index (χ0n) is 15.0. The molecule has 1 aromatic heterocycles. The molecule has 0 aliphatic carbocycles. The molecule has 0 aliphatic rings. The third kappa shape index (κ3) is 4.11. The van der Waals surface area contributed by atoms with E-state index in [1.165, 1.54) is 16.9 Å². The van der Waals surface area contributed by atoms with E-state index in [-0.39, 0.29) is 11.6 Å². The first-order chi connectivity index (χ1) is 13.0. The van der Waals surface area contributed by atoms with E-state index in [1.807, 2.05) is 6.92 Å². The van der Waals surface area contributed by atoms with Crippen LogP contribution in [-0.2, 0) is 0 Å². The first-order valence-electron chi connectivity index (χ1n) is 8.54. The van der Waals surface area contributed by atoms with Crippen molar-refractivity contribution in [3.8, 4) is 11.4 Å². The Kier molecular flexibility index (Phi) is 5.76. The number of ether oxygens (including phenoxy) is 1. The van der Waals surface area contributed by atoms with Crippen molar-refractivity contribution >= 4 is 23.2 Å². The third-order valence-corrected chi connectivity index (χ3v) is 4.22. The number of carbonyl (C=O) groups is 1. The number of nitrogens with one attached hydrogen (secondary N) is 1. The van der Waals surface area contributed by atoms with Gasteiger partial charge in [-0.1, -0.05) is 30.7 Å². The first kappa shape index (κ1) is 18.9. The Balaban J connectivity index is 1.88. The van der Waals surface area contributed by atoms with E-state index in [0.717, 1.165) is 6.42 Å². The summed E-state index contributed by atoms with van der Waals surface area (Å²) in [6.07, 6.45) is 2.25. The molecular weight excluding hydrogens is 369 g/mol. The van der Waals surface area contributed by atoms with Gasteiger partial charge in [-0.25, -0.2) is 9.07 Å². The summed E-state index contributed by atoms with van der Waals surface area (Å²) in [6, 6.07) is 11.3. The minimum Gasteiger partial charge on any atom is -0.491 e. The molecule has 0 bridgehead atoms. The molecule has 0 unspecified atom stereocenters. The van der Waals surface area contributed by atoms with E-state index in [0.29, 0.717) is 34.3 Å². The Bertz CT molecular complexity index is 972. The van der Waals surface area contributed by atoms with Crippen LogP contribution in [0.4, 0.5) is 10.1 Å². The first-order valence-corrected chi connectivity index (χ1v) is 8.92. The fraction of sp³-hybridized carbons (Fsp3) is 0.200. The normalized spacial score (nSPS) is 10.7. The number of anilines is 1. The number of rotatable bonds is 6. The van der Waals surface area contributed by atoms with Crippen molar-refractivity contribution in [2.24, 2.45) is 0 Å². The summed E-state index contributed by atoms with van der Waals surface area (Å²) < 4.78 is 21.1. The van der Waals surface area contributed by atoms with Crippen molar-refractivity contribution in [3.63, 3.8) is 0 Å². The minimum absolute atomic E-state index is 0.281. The van der Waals surface area contributed by atoms with Crippen LogP contribution in [0, 0.1) is 12.7 Å². The van der Waals surface area contributed by atoms with Gasteiger partial charge in [-0.15, -0.1) is 0 Å². The molecule has 0 saturated carbocycles. The Morgan fingerprint density at radius 2 is 2.07 bits per heavy atom. The van der Waals surface area contributed by atoms with Crippen LogP contribution in [-0.4, -0.2) is 22.3 Å². The number of para-hydroxylation sites is 1. The van der Waals surface area contributed by atoms with Crippen molar-refractivity contribution < 1.29 is 13.9 Å². The largest absolute Gasteiger partial charge is 0.491 e. The predicted molar refractivity (Wildman–Crippen MR) is 103 cm³/mol. The van der Waals surface area contributed by atoms with Crippen LogP contribution in [0.2, 0.25) is 5.02 Å². The number of benzene rings is 2. The number of carbonyl (C=O) groups excluding carboxylic acids is 1. The van der Waals surface area contributed by atoms with Crippen molar-refractivity contribution in [3.05, 3.63) is 70.8 Å². The van der Waals surface area contributed by atoms with Gasteiger partial charge in [-0.05, 0) is 43.7 Å². The predicted octanol–water partition coefficient (Wildman–Crippen LogP) is 5.01. The monoisotopic (exact) mass is 387 g/mol. The molecule has 1 amide bonds. The third-order valence-electron chi connectivity index (χ3n) is 3.99. The summed E-state index contributed by atoms with van der Waals surface area (Å²) in [5.74, 6) is -0.256. The molecule has 3 rings (SSSR count). The molecule has 0 saturated heterocycles. The van der Waals surface area contributed by atoms with Gasteiger partial charge in [0.1, 0.15) is 17.3 Å². The van der Waals surface area contributed by atoms with E-state index >= 15 is 0 Å². The highest BCUT2D eigenvalue weighted by Gasteiger charge is 2.18. The van der Waals surface area contributed by atoms with Gasteiger partial charge >= 0.3 is 0 Å². The van der Waals surface area contributed by atoms with Gasteiger partial charge in [0.05, 0.1) is 29.7 Å². The molecule has 27 heavy (non-hydrogen) atoms. The quantitative estimate of drug-likeness (QED) is 0.646. The number of nitrogens with zero attached hydrogens (tertiary/aromatic N) is 2. The van der Waals surface area contributed by atoms with Crippen molar-refractivity contribution in [1.82, 2.24) is 9.78 Å². The maximum atomic E-state index is 14.0. The summed E-state index contributed by atoms with van der Waals surface area (Å²) in [5.41, 5.74) is 1.61.